The second-order valence-electron chi connectivity index (χ2n) is 5.36. The van der Waals surface area contributed by atoms with E-state index in [4.69, 9.17) is 27.9 Å². The van der Waals surface area contributed by atoms with Crippen molar-refractivity contribution < 1.29 is 9.53 Å². The van der Waals surface area contributed by atoms with E-state index in [0.29, 0.717) is 22.2 Å². The molecule has 1 aromatic rings. The highest BCUT2D eigenvalue weighted by atomic mass is 35.5. The normalized spacial score (nSPS) is 12.9. The van der Waals surface area contributed by atoms with Crippen molar-refractivity contribution in [2.24, 2.45) is 0 Å². The summed E-state index contributed by atoms with van der Waals surface area (Å²) in [7, 11) is 0. The van der Waals surface area contributed by atoms with Gasteiger partial charge in [-0.15, -0.1) is 0 Å². The van der Waals surface area contributed by atoms with Gasteiger partial charge in [0.1, 0.15) is 5.75 Å². The maximum atomic E-state index is 12.1. The Hall–Kier alpha value is -0.930. The number of hydrogen-bond donors (Lipinski definition) is 1. The number of amides is 1. The summed E-state index contributed by atoms with van der Waals surface area (Å²) in [5, 5.41) is 3.85. The van der Waals surface area contributed by atoms with Crippen LogP contribution in [0.1, 0.15) is 34.1 Å². The molecule has 0 radical (unpaired) electrons. The molecule has 1 unspecified atom stereocenters. The van der Waals surface area contributed by atoms with Crippen molar-refractivity contribution in [1.82, 2.24) is 5.32 Å². The van der Waals surface area contributed by atoms with Crippen LogP contribution in [-0.4, -0.2) is 17.6 Å². The van der Waals surface area contributed by atoms with Gasteiger partial charge in [0.2, 0.25) is 0 Å². The van der Waals surface area contributed by atoms with Crippen LogP contribution < -0.4 is 10.1 Å². The van der Waals surface area contributed by atoms with Crippen LogP contribution in [0, 0.1) is 0 Å². The quantitative estimate of drug-likeness (QED) is 0.910. The number of benzene rings is 1. The zero-order valence-electron chi connectivity index (χ0n) is 11.6. The minimum atomic E-state index is -0.561. The fraction of sp³-hybridized carbons (Fsp3) is 0.500. The van der Waals surface area contributed by atoms with Crippen molar-refractivity contribution in [2.75, 3.05) is 0 Å². The molecule has 19 heavy (non-hydrogen) atoms. The number of rotatable bonds is 4. The van der Waals surface area contributed by atoms with Crippen LogP contribution in [0.25, 0.3) is 0 Å². The lowest BCUT2D eigenvalue weighted by atomic mass is 10.1. The molecule has 1 N–H and O–H groups in total. The summed E-state index contributed by atoms with van der Waals surface area (Å²) >= 11 is 11.8. The Morgan fingerprint density at radius 1 is 1.26 bits per heavy atom. The molecule has 0 saturated heterocycles. The van der Waals surface area contributed by atoms with E-state index in [9.17, 15) is 4.79 Å². The van der Waals surface area contributed by atoms with Gasteiger partial charge in [-0.05, 0) is 45.4 Å². The Morgan fingerprint density at radius 2 is 1.79 bits per heavy atom. The maximum absolute atomic E-state index is 12.1. The van der Waals surface area contributed by atoms with Crippen molar-refractivity contribution in [3.8, 4) is 5.75 Å². The van der Waals surface area contributed by atoms with Crippen LogP contribution in [-0.2, 0) is 4.79 Å². The van der Waals surface area contributed by atoms with Gasteiger partial charge in [-0.3, -0.25) is 4.79 Å². The van der Waals surface area contributed by atoms with Crippen LogP contribution in [0.15, 0.2) is 18.2 Å². The van der Waals surface area contributed by atoms with Gasteiger partial charge in [0.25, 0.3) is 5.91 Å². The first-order valence-corrected chi connectivity index (χ1v) is 6.91. The Morgan fingerprint density at radius 3 is 2.21 bits per heavy atom. The summed E-state index contributed by atoms with van der Waals surface area (Å²) in [4.78, 5) is 12.1. The number of ether oxygens (including phenoxy) is 1. The minimum Gasteiger partial charge on any atom is -0.481 e. The molecule has 0 heterocycles. The molecule has 0 saturated carbocycles. The zero-order chi connectivity index (χ0) is 14.6. The molecule has 0 aliphatic carbocycles. The smallest absolute Gasteiger partial charge is 0.261 e. The van der Waals surface area contributed by atoms with Gasteiger partial charge in [0, 0.05) is 15.6 Å². The molecular weight excluding hydrogens is 285 g/mol. The lowest BCUT2D eigenvalue weighted by Crippen LogP contribution is -2.47. The first-order valence-electron chi connectivity index (χ1n) is 6.16. The maximum Gasteiger partial charge on any atom is 0.261 e. The van der Waals surface area contributed by atoms with E-state index in [-0.39, 0.29) is 11.4 Å². The van der Waals surface area contributed by atoms with Crippen LogP contribution in [0.3, 0.4) is 0 Å². The third kappa shape index (κ3) is 5.70. The molecule has 106 valence electrons. The van der Waals surface area contributed by atoms with Crippen molar-refractivity contribution in [3.05, 3.63) is 28.2 Å². The molecule has 1 aromatic carbocycles. The molecule has 3 nitrogen and oxygen atoms in total. The predicted octanol–water partition coefficient (Wildman–Crippen LogP) is 4.07. The van der Waals surface area contributed by atoms with E-state index in [0.717, 1.165) is 0 Å². The number of carbonyl (C=O) groups is 1. The summed E-state index contributed by atoms with van der Waals surface area (Å²) < 4.78 is 5.65. The molecule has 1 atom stereocenters. The lowest BCUT2D eigenvalue weighted by molar-refractivity contribution is -0.129. The molecule has 0 spiro atoms. The van der Waals surface area contributed by atoms with Gasteiger partial charge >= 0.3 is 0 Å². The average Bonchev–Trinajstić information content (AvgIpc) is 2.21. The highest BCUT2D eigenvalue weighted by Crippen LogP contribution is 2.25. The number of carbonyl (C=O) groups excluding carboxylic acids is 1. The van der Waals surface area contributed by atoms with Gasteiger partial charge in [0.15, 0.2) is 6.10 Å². The Bertz CT molecular complexity index is 435. The second kappa shape index (κ2) is 6.49. The summed E-state index contributed by atoms with van der Waals surface area (Å²) in [5.74, 6) is 0.347. The topological polar surface area (TPSA) is 38.3 Å². The Labute approximate surface area is 124 Å². The summed E-state index contributed by atoms with van der Waals surface area (Å²) in [6.45, 7) is 7.66. The van der Waals surface area contributed by atoms with Crippen molar-refractivity contribution in [1.29, 1.82) is 0 Å². The van der Waals surface area contributed by atoms with Crippen molar-refractivity contribution in [3.63, 3.8) is 0 Å². The fourth-order valence-corrected chi connectivity index (χ4v) is 2.04. The zero-order valence-corrected chi connectivity index (χ0v) is 13.1. The second-order valence-corrected chi connectivity index (χ2v) is 6.23. The number of nitrogens with one attached hydrogen (secondary N) is 1. The van der Waals surface area contributed by atoms with Crippen molar-refractivity contribution >= 4 is 29.1 Å². The average molecular weight is 304 g/mol. The van der Waals surface area contributed by atoms with Crippen LogP contribution >= 0.6 is 23.2 Å². The Balaban J connectivity index is 2.79. The van der Waals surface area contributed by atoms with Crippen LogP contribution in [0.4, 0.5) is 0 Å². The highest BCUT2D eigenvalue weighted by molar-refractivity contribution is 6.34. The number of halogens is 2. The molecule has 5 heteroatoms. The first-order chi connectivity index (χ1) is 8.71. The standard InChI is InChI=1S/C14H19Cl2NO2/c1-5-12(13(18)17-14(2,3)4)19-11-7-9(15)6-10(16)8-11/h6-8,12H,5H2,1-4H3,(H,17,18). The third-order valence-corrected chi connectivity index (χ3v) is 2.71. The van der Waals surface area contributed by atoms with Gasteiger partial charge < -0.3 is 10.1 Å². The predicted molar refractivity (Wildman–Crippen MR) is 79.1 cm³/mol. The van der Waals surface area contributed by atoms with E-state index in [2.05, 4.69) is 5.32 Å². The molecule has 0 fully saturated rings. The molecule has 1 amide bonds. The molecule has 0 aliphatic heterocycles. The Kier molecular flexibility index (Phi) is 5.50. The molecular formula is C14H19Cl2NO2. The SMILES string of the molecule is CCC(Oc1cc(Cl)cc(Cl)c1)C(=O)NC(C)(C)C. The minimum absolute atomic E-state index is 0.147. The van der Waals surface area contributed by atoms with E-state index >= 15 is 0 Å². The van der Waals surface area contributed by atoms with Gasteiger partial charge in [-0.1, -0.05) is 30.1 Å². The third-order valence-electron chi connectivity index (χ3n) is 2.28. The largest absolute Gasteiger partial charge is 0.481 e. The van der Waals surface area contributed by atoms with Crippen LogP contribution in [0.5, 0.6) is 5.75 Å². The lowest BCUT2D eigenvalue weighted by Gasteiger charge is -2.25. The van der Waals surface area contributed by atoms with Gasteiger partial charge in [-0.2, -0.15) is 0 Å². The van der Waals surface area contributed by atoms with Crippen molar-refractivity contribution in [2.45, 2.75) is 45.8 Å². The van der Waals surface area contributed by atoms with Crippen LogP contribution in [0.2, 0.25) is 10.0 Å². The van der Waals surface area contributed by atoms with E-state index in [1.54, 1.807) is 18.2 Å². The molecule has 0 bridgehead atoms. The first kappa shape index (κ1) is 16.1. The van der Waals surface area contributed by atoms with E-state index in [1.807, 2.05) is 27.7 Å². The summed E-state index contributed by atoms with van der Waals surface area (Å²) in [6, 6.07) is 4.90. The highest BCUT2D eigenvalue weighted by Gasteiger charge is 2.23. The fourth-order valence-electron chi connectivity index (χ4n) is 1.53. The summed E-state index contributed by atoms with van der Waals surface area (Å²) in [5.41, 5.74) is -0.292. The monoisotopic (exact) mass is 303 g/mol. The molecule has 0 aliphatic rings. The van der Waals surface area contributed by atoms with E-state index < -0.39 is 6.10 Å². The number of hydrogen-bond acceptors (Lipinski definition) is 2. The van der Waals surface area contributed by atoms with E-state index in [1.165, 1.54) is 0 Å². The molecule has 1 rings (SSSR count). The summed E-state index contributed by atoms with van der Waals surface area (Å²) in [6.07, 6.45) is 0.000218. The molecule has 0 aromatic heterocycles. The van der Waals surface area contributed by atoms with Gasteiger partial charge in [-0.25, -0.2) is 0 Å². The van der Waals surface area contributed by atoms with Gasteiger partial charge in [0.05, 0.1) is 0 Å².